The maximum Gasteiger partial charge on any atom is 0.264 e. The van der Waals surface area contributed by atoms with Crippen LogP contribution in [0.25, 0.3) is 22.7 Å². The minimum atomic E-state index is 0.523. The van der Waals surface area contributed by atoms with Crippen molar-refractivity contribution in [3.63, 3.8) is 0 Å². The fourth-order valence-electron chi connectivity index (χ4n) is 3.23. The summed E-state index contributed by atoms with van der Waals surface area (Å²) in [5.74, 6) is 1.13. The Morgan fingerprint density at radius 1 is 0.962 bits per heavy atom. The first-order chi connectivity index (χ1) is 12.6. The summed E-state index contributed by atoms with van der Waals surface area (Å²) < 4.78 is 6.99. The second-order valence-electron chi connectivity index (χ2n) is 6.27. The van der Waals surface area contributed by atoms with Crippen molar-refractivity contribution < 1.29 is 4.42 Å². The van der Waals surface area contributed by atoms with Crippen LogP contribution in [0.4, 0.5) is 0 Å². The van der Waals surface area contributed by atoms with Gasteiger partial charge in [0.25, 0.3) is 5.89 Å². The maximum atomic E-state index is 5.92. The van der Waals surface area contributed by atoms with Crippen molar-refractivity contribution in [3.05, 3.63) is 81.8 Å². The van der Waals surface area contributed by atoms with E-state index in [1.807, 2.05) is 36.4 Å². The van der Waals surface area contributed by atoms with E-state index in [4.69, 9.17) is 4.42 Å². The molecule has 0 bridgehead atoms. The average molecular weight is 408 g/mol. The molecule has 4 rings (SSSR count). The maximum absolute atomic E-state index is 5.92. The molecule has 4 aromatic rings. The number of aromatic amines is 1. The van der Waals surface area contributed by atoms with Gasteiger partial charge in [-0.1, -0.05) is 64.5 Å². The summed E-state index contributed by atoms with van der Waals surface area (Å²) in [6.07, 6.45) is 0.629. The highest BCUT2D eigenvalue weighted by Gasteiger charge is 2.20. The Morgan fingerprint density at radius 3 is 2.46 bits per heavy atom. The fourth-order valence-corrected chi connectivity index (χ4v) is 3.71. The lowest BCUT2D eigenvalue weighted by Crippen LogP contribution is -1.87. The minimum absolute atomic E-state index is 0.523. The van der Waals surface area contributed by atoms with Gasteiger partial charge >= 0.3 is 0 Å². The summed E-state index contributed by atoms with van der Waals surface area (Å²) in [6, 6.07) is 18.3. The smallest absolute Gasteiger partial charge is 0.264 e. The zero-order valence-electron chi connectivity index (χ0n) is 14.6. The molecular formula is C21H18BrN3O. The first-order valence-electron chi connectivity index (χ1n) is 8.44. The van der Waals surface area contributed by atoms with Gasteiger partial charge in [-0.3, -0.25) is 0 Å². The van der Waals surface area contributed by atoms with Crippen molar-refractivity contribution >= 4 is 15.9 Å². The number of nitrogens with one attached hydrogen (secondary N) is 1. The van der Waals surface area contributed by atoms with Crippen molar-refractivity contribution in [3.8, 4) is 22.7 Å². The topological polar surface area (TPSA) is 54.7 Å². The van der Waals surface area contributed by atoms with Crippen LogP contribution in [0.5, 0.6) is 0 Å². The molecule has 2 heterocycles. The number of aryl methyl sites for hydroxylation is 1. The van der Waals surface area contributed by atoms with Crippen LogP contribution in [0.3, 0.4) is 0 Å². The third kappa shape index (κ3) is 3.10. The number of nitrogens with zero attached hydrogens (tertiary/aromatic N) is 2. The number of H-pyrrole nitrogens is 1. The van der Waals surface area contributed by atoms with E-state index in [2.05, 4.69) is 63.2 Å². The van der Waals surface area contributed by atoms with Crippen LogP contribution >= 0.6 is 15.9 Å². The number of benzene rings is 2. The minimum Gasteiger partial charge on any atom is -0.419 e. The number of hydrogen-bond acceptors (Lipinski definition) is 3. The Kier molecular flexibility index (Phi) is 4.47. The van der Waals surface area contributed by atoms with E-state index in [1.165, 1.54) is 0 Å². The SMILES string of the molecule is Cc1[nH]c(-c2nnc(Cc3ccccc3)o2)c(C)c1-c1ccccc1Br. The lowest BCUT2D eigenvalue weighted by Gasteiger charge is -2.05. The lowest BCUT2D eigenvalue weighted by molar-refractivity contribution is 0.516. The molecule has 0 unspecified atom stereocenters. The van der Waals surface area contributed by atoms with Crippen molar-refractivity contribution in [2.75, 3.05) is 0 Å². The highest BCUT2D eigenvalue weighted by molar-refractivity contribution is 9.10. The molecule has 0 aliphatic carbocycles. The van der Waals surface area contributed by atoms with E-state index in [-0.39, 0.29) is 0 Å². The van der Waals surface area contributed by atoms with Gasteiger partial charge in [-0.25, -0.2) is 0 Å². The molecule has 26 heavy (non-hydrogen) atoms. The molecule has 0 spiro atoms. The Balaban J connectivity index is 1.70. The van der Waals surface area contributed by atoms with Crippen LogP contribution < -0.4 is 0 Å². The molecule has 0 fully saturated rings. The second-order valence-corrected chi connectivity index (χ2v) is 7.12. The molecule has 0 amide bonds. The Hall–Kier alpha value is -2.66. The van der Waals surface area contributed by atoms with E-state index in [0.717, 1.165) is 38.1 Å². The molecule has 0 aliphatic rings. The van der Waals surface area contributed by atoms with E-state index in [0.29, 0.717) is 18.2 Å². The summed E-state index contributed by atoms with van der Waals surface area (Å²) in [4.78, 5) is 3.42. The highest BCUT2D eigenvalue weighted by Crippen LogP contribution is 2.37. The number of halogens is 1. The van der Waals surface area contributed by atoms with Crippen molar-refractivity contribution in [2.45, 2.75) is 20.3 Å². The summed E-state index contributed by atoms with van der Waals surface area (Å²) in [7, 11) is 0. The van der Waals surface area contributed by atoms with Crippen molar-refractivity contribution in [1.29, 1.82) is 0 Å². The number of hydrogen-bond donors (Lipinski definition) is 1. The summed E-state index contributed by atoms with van der Waals surface area (Å²) in [5.41, 5.74) is 6.51. The zero-order valence-corrected chi connectivity index (χ0v) is 16.2. The van der Waals surface area contributed by atoms with E-state index < -0.39 is 0 Å². The molecule has 0 aliphatic heterocycles. The fraction of sp³-hybridized carbons (Fsp3) is 0.143. The van der Waals surface area contributed by atoms with Gasteiger partial charge in [-0.05, 0) is 36.6 Å². The Morgan fingerprint density at radius 2 is 1.69 bits per heavy atom. The van der Waals surface area contributed by atoms with Gasteiger partial charge in [0.2, 0.25) is 5.89 Å². The molecule has 130 valence electrons. The monoisotopic (exact) mass is 407 g/mol. The largest absolute Gasteiger partial charge is 0.419 e. The molecule has 1 N–H and O–H groups in total. The van der Waals surface area contributed by atoms with Gasteiger partial charge in [-0.15, -0.1) is 10.2 Å². The predicted molar refractivity (Wildman–Crippen MR) is 106 cm³/mol. The predicted octanol–water partition coefficient (Wildman–Crippen LogP) is 5.70. The molecule has 2 aromatic heterocycles. The van der Waals surface area contributed by atoms with Crippen LogP contribution in [0, 0.1) is 13.8 Å². The zero-order chi connectivity index (χ0) is 18.1. The molecule has 0 radical (unpaired) electrons. The standard InChI is InChI=1S/C21H18BrN3O/c1-13-19(16-10-6-7-11-17(16)22)14(2)23-20(13)21-25-24-18(26-21)12-15-8-4-3-5-9-15/h3-11,23H,12H2,1-2H3. The molecule has 2 aromatic carbocycles. The summed E-state index contributed by atoms with van der Waals surface area (Å²) in [5, 5.41) is 8.47. The molecule has 0 saturated heterocycles. The lowest BCUT2D eigenvalue weighted by atomic mass is 10.0. The second kappa shape index (κ2) is 6.92. The third-order valence-corrected chi connectivity index (χ3v) is 5.15. The van der Waals surface area contributed by atoms with Crippen LogP contribution in [0.2, 0.25) is 0 Å². The molecule has 4 nitrogen and oxygen atoms in total. The molecule has 0 atom stereocenters. The number of rotatable bonds is 4. The number of aromatic nitrogens is 3. The first kappa shape index (κ1) is 16.8. The van der Waals surface area contributed by atoms with Gasteiger partial charge < -0.3 is 9.40 Å². The Bertz CT molecular complexity index is 1050. The average Bonchev–Trinajstić information content (AvgIpc) is 3.21. The van der Waals surface area contributed by atoms with Gasteiger partial charge in [0.05, 0.1) is 6.42 Å². The van der Waals surface area contributed by atoms with Crippen molar-refractivity contribution in [1.82, 2.24) is 15.2 Å². The van der Waals surface area contributed by atoms with Crippen molar-refractivity contribution in [2.24, 2.45) is 0 Å². The van der Waals surface area contributed by atoms with E-state index in [9.17, 15) is 0 Å². The third-order valence-electron chi connectivity index (χ3n) is 4.46. The van der Waals surface area contributed by atoms with E-state index >= 15 is 0 Å². The van der Waals surface area contributed by atoms with Gasteiger partial charge in [0.15, 0.2) is 0 Å². The van der Waals surface area contributed by atoms with Crippen LogP contribution in [0.15, 0.2) is 63.5 Å². The quantitative estimate of drug-likeness (QED) is 0.471. The van der Waals surface area contributed by atoms with Gasteiger partial charge in [0, 0.05) is 15.7 Å². The normalized spacial score (nSPS) is 11.0. The molecular weight excluding hydrogens is 390 g/mol. The summed E-state index contributed by atoms with van der Waals surface area (Å²) in [6.45, 7) is 4.14. The van der Waals surface area contributed by atoms with E-state index in [1.54, 1.807) is 0 Å². The van der Waals surface area contributed by atoms with Crippen LogP contribution in [-0.2, 0) is 6.42 Å². The molecule has 5 heteroatoms. The highest BCUT2D eigenvalue weighted by atomic mass is 79.9. The summed E-state index contributed by atoms with van der Waals surface area (Å²) >= 11 is 3.64. The van der Waals surface area contributed by atoms with Crippen LogP contribution in [-0.4, -0.2) is 15.2 Å². The van der Waals surface area contributed by atoms with Gasteiger partial charge in [-0.2, -0.15) is 0 Å². The van der Waals surface area contributed by atoms with Crippen LogP contribution in [0.1, 0.15) is 22.7 Å². The van der Waals surface area contributed by atoms with Gasteiger partial charge in [0.1, 0.15) is 5.69 Å². The molecule has 0 saturated carbocycles. The first-order valence-corrected chi connectivity index (χ1v) is 9.23. The Labute approximate surface area is 160 Å².